The zero-order chi connectivity index (χ0) is 17.2. The van der Waals surface area contributed by atoms with Crippen LogP contribution >= 0.6 is 11.6 Å². The monoisotopic (exact) mass is 360 g/mol. The SMILES string of the molecule is COc1cc([N+](=O)[O-])ccc1S(=O)(=O)Nc1ccc(F)c(Cl)c1. The lowest BCUT2D eigenvalue weighted by Crippen LogP contribution is -2.14. The zero-order valence-electron chi connectivity index (χ0n) is 11.6. The van der Waals surface area contributed by atoms with Crippen molar-refractivity contribution in [2.45, 2.75) is 4.90 Å². The Morgan fingerprint density at radius 2 is 1.96 bits per heavy atom. The van der Waals surface area contributed by atoms with E-state index in [1.54, 1.807) is 0 Å². The first-order valence-electron chi connectivity index (χ1n) is 6.05. The van der Waals surface area contributed by atoms with Gasteiger partial charge in [0.05, 0.1) is 28.8 Å². The van der Waals surface area contributed by atoms with Crippen molar-refractivity contribution in [2.24, 2.45) is 0 Å². The van der Waals surface area contributed by atoms with Gasteiger partial charge in [-0.1, -0.05) is 11.6 Å². The molecular formula is C13H10ClFN2O5S. The number of non-ortho nitro benzene ring substituents is 1. The molecule has 0 atom stereocenters. The number of hydrogen-bond donors (Lipinski definition) is 1. The van der Waals surface area contributed by atoms with Crippen molar-refractivity contribution in [2.75, 3.05) is 11.8 Å². The molecule has 0 aromatic heterocycles. The van der Waals surface area contributed by atoms with Crippen LogP contribution in [0.15, 0.2) is 41.3 Å². The van der Waals surface area contributed by atoms with Crippen LogP contribution in [0.25, 0.3) is 0 Å². The van der Waals surface area contributed by atoms with Crippen molar-refractivity contribution >= 4 is 33.0 Å². The van der Waals surface area contributed by atoms with Gasteiger partial charge < -0.3 is 4.74 Å². The Morgan fingerprint density at radius 3 is 2.52 bits per heavy atom. The topological polar surface area (TPSA) is 98.5 Å². The van der Waals surface area contributed by atoms with Crippen molar-refractivity contribution < 1.29 is 22.5 Å². The molecule has 2 aromatic carbocycles. The number of benzene rings is 2. The van der Waals surface area contributed by atoms with Crippen LogP contribution in [-0.2, 0) is 10.0 Å². The molecule has 0 aliphatic carbocycles. The standard InChI is InChI=1S/C13H10ClFN2O5S/c1-22-12-7-9(17(18)19)3-5-13(12)23(20,21)16-8-2-4-11(15)10(14)6-8/h2-7,16H,1H3. The molecule has 0 aliphatic rings. The highest BCUT2D eigenvalue weighted by molar-refractivity contribution is 7.92. The molecule has 0 spiro atoms. The molecule has 0 saturated heterocycles. The van der Waals surface area contributed by atoms with Gasteiger partial charge in [-0.15, -0.1) is 0 Å². The van der Waals surface area contributed by atoms with Crippen molar-refractivity contribution in [3.8, 4) is 5.75 Å². The lowest BCUT2D eigenvalue weighted by Gasteiger charge is -2.11. The van der Waals surface area contributed by atoms with Crippen LogP contribution in [0.5, 0.6) is 5.75 Å². The van der Waals surface area contributed by atoms with Crippen molar-refractivity contribution in [3.05, 3.63) is 57.4 Å². The average molecular weight is 361 g/mol. The Balaban J connectivity index is 2.42. The number of nitro groups is 1. The molecule has 7 nitrogen and oxygen atoms in total. The third kappa shape index (κ3) is 3.69. The number of halogens is 2. The minimum Gasteiger partial charge on any atom is -0.495 e. The summed E-state index contributed by atoms with van der Waals surface area (Å²) in [6.07, 6.45) is 0. The highest BCUT2D eigenvalue weighted by Gasteiger charge is 2.22. The fourth-order valence-corrected chi connectivity index (χ4v) is 3.14. The minimum absolute atomic E-state index is 0.0387. The Kier molecular flexibility index (Phi) is 4.71. The number of methoxy groups -OCH3 is 1. The van der Waals surface area contributed by atoms with Gasteiger partial charge in [0.25, 0.3) is 15.7 Å². The number of nitro benzene ring substituents is 1. The summed E-state index contributed by atoms with van der Waals surface area (Å²) >= 11 is 5.59. The number of ether oxygens (including phenoxy) is 1. The first kappa shape index (κ1) is 17.0. The summed E-state index contributed by atoms with van der Waals surface area (Å²) in [6, 6.07) is 6.38. The van der Waals surface area contributed by atoms with Gasteiger partial charge in [-0.25, -0.2) is 12.8 Å². The van der Waals surface area contributed by atoms with E-state index >= 15 is 0 Å². The van der Waals surface area contributed by atoms with Crippen LogP contribution in [0.2, 0.25) is 5.02 Å². The van der Waals surface area contributed by atoms with Gasteiger partial charge in [0.2, 0.25) is 0 Å². The zero-order valence-corrected chi connectivity index (χ0v) is 13.2. The largest absolute Gasteiger partial charge is 0.495 e. The second-order valence-electron chi connectivity index (χ2n) is 4.33. The average Bonchev–Trinajstić information content (AvgIpc) is 2.50. The van der Waals surface area contributed by atoms with Crippen molar-refractivity contribution in [1.82, 2.24) is 0 Å². The molecular weight excluding hydrogens is 351 g/mol. The molecule has 10 heteroatoms. The van der Waals surface area contributed by atoms with Crippen molar-refractivity contribution in [3.63, 3.8) is 0 Å². The predicted molar refractivity (Wildman–Crippen MR) is 81.9 cm³/mol. The lowest BCUT2D eigenvalue weighted by molar-refractivity contribution is -0.385. The second kappa shape index (κ2) is 6.39. The first-order chi connectivity index (χ1) is 10.7. The van der Waals surface area contributed by atoms with Gasteiger partial charge >= 0.3 is 0 Å². The van der Waals surface area contributed by atoms with Gasteiger partial charge in [-0.3, -0.25) is 14.8 Å². The van der Waals surface area contributed by atoms with E-state index in [1.807, 2.05) is 0 Å². The molecule has 0 radical (unpaired) electrons. The molecule has 2 aromatic rings. The van der Waals surface area contributed by atoms with Gasteiger partial charge in [-0.2, -0.15) is 0 Å². The van der Waals surface area contributed by atoms with Gasteiger partial charge in [0, 0.05) is 6.07 Å². The Bertz CT molecular complexity index is 873. The summed E-state index contributed by atoms with van der Waals surface area (Å²) in [5, 5.41) is 10.5. The molecule has 1 N–H and O–H groups in total. The van der Waals surface area contributed by atoms with Crippen LogP contribution in [-0.4, -0.2) is 20.5 Å². The smallest absolute Gasteiger partial charge is 0.273 e. The normalized spacial score (nSPS) is 11.1. The van der Waals surface area contributed by atoms with E-state index in [2.05, 4.69) is 4.72 Å². The lowest BCUT2D eigenvalue weighted by atomic mass is 10.3. The summed E-state index contributed by atoms with van der Waals surface area (Å²) in [6.45, 7) is 0. The second-order valence-corrected chi connectivity index (χ2v) is 6.38. The maximum atomic E-state index is 13.1. The van der Waals surface area contributed by atoms with E-state index in [0.29, 0.717) is 0 Å². The van der Waals surface area contributed by atoms with Crippen LogP contribution in [0, 0.1) is 15.9 Å². The number of anilines is 1. The fourth-order valence-electron chi connectivity index (χ4n) is 1.76. The van der Waals surface area contributed by atoms with Crippen LogP contribution < -0.4 is 9.46 Å². The maximum Gasteiger partial charge on any atom is 0.273 e. The van der Waals surface area contributed by atoms with E-state index in [-0.39, 0.29) is 27.0 Å². The number of nitrogens with one attached hydrogen (secondary N) is 1. The van der Waals surface area contributed by atoms with E-state index in [9.17, 15) is 22.9 Å². The molecule has 0 aliphatic heterocycles. The molecule has 0 fully saturated rings. The quantitative estimate of drug-likeness (QED) is 0.652. The Hall–Kier alpha value is -2.39. The van der Waals surface area contributed by atoms with E-state index in [1.165, 1.54) is 13.2 Å². The molecule has 0 saturated carbocycles. The maximum absolute atomic E-state index is 13.1. The Labute approximate surface area is 135 Å². The highest BCUT2D eigenvalue weighted by Crippen LogP contribution is 2.30. The minimum atomic E-state index is -4.11. The molecule has 0 amide bonds. The van der Waals surface area contributed by atoms with Gasteiger partial charge in [-0.05, 0) is 24.3 Å². The van der Waals surface area contributed by atoms with Gasteiger partial charge in [0.1, 0.15) is 16.5 Å². The number of rotatable bonds is 5. The highest BCUT2D eigenvalue weighted by atomic mass is 35.5. The Morgan fingerprint density at radius 1 is 1.26 bits per heavy atom. The van der Waals surface area contributed by atoms with Gasteiger partial charge in [0.15, 0.2) is 0 Å². The van der Waals surface area contributed by atoms with Crippen LogP contribution in [0.1, 0.15) is 0 Å². The molecule has 0 unspecified atom stereocenters. The predicted octanol–water partition coefficient (Wildman–Crippen LogP) is 3.20. The van der Waals surface area contributed by atoms with E-state index < -0.39 is 20.8 Å². The first-order valence-corrected chi connectivity index (χ1v) is 7.91. The molecule has 0 heterocycles. The number of sulfonamides is 1. The number of hydrogen-bond acceptors (Lipinski definition) is 5. The number of nitrogens with zero attached hydrogens (tertiary/aromatic N) is 1. The summed E-state index contributed by atoms with van der Waals surface area (Å²) < 4.78 is 44.9. The summed E-state index contributed by atoms with van der Waals surface area (Å²) in [5.41, 5.74) is -0.276. The molecule has 23 heavy (non-hydrogen) atoms. The van der Waals surface area contributed by atoms with Crippen molar-refractivity contribution in [1.29, 1.82) is 0 Å². The fraction of sp³-hybridized carbons (Fsp3) is 0.0769. The van der Waals surface area contributed by atoms with Crippen LogP contribution in [0.4, 0.5) is 15.8 Å². The third-order valence-corrected chi connectivity index (χ3v) is 4.53. The summed E-state index contributed by atoms with van der Waals surface area (Å²) in [4.78, 5) is 9.75. The summed E-state index contributed by atoms with van der Waals surface area (Å²) in [5.74, 6) is -0.887. The molecule has 122 valence electrons. The molecule has 2 rings (SSSR count). The third-order valence-electron chi connectivity index (χ3n) is 2.82. The van der Waals surface area contributed by atoms with E-state index in [0.717, 1.165) is 30.3 Å². The molecule has 0 bridgehead atoms. The van der Waals surface area contributed by atoms with E-state index in [4.69, 9.17) is 16.3 Å². The van der Waals surface area contributed by atoms with Crippen LogP contribution in [0.3, 0.4) is 0 Å². The summed E-state index contributed by atoms with van der Waals surface area (Å²) in [7, 11) is -2.92.